The Morgan fingerprint density at radius 2 is 2.13 bits per heavy atom. The molecule has 2 aliphatic rings. The van der Waals surface area contributed by atoms with E-state index in [4.69, 9.17) is 9.92 Å². The first-order valence-electron chi connectivity index (χ1n) is 7.72. The monoisotopic (exact) mass is 338 g/mol. The third-order valence-electron chi connectivity index (χ3n) is 4.88. The number of likely N-dealkylation sites (tertiary alicyclic amines) is 1. The Morgan fingerprint density at radius 1 is 1.39 bits per heavy atom. The molecule has 3 atom stereocenters. The number of nitrogen functional groups attached to an aromatic ring is 1. The molecule has 0 spiro atoms. The second-order valence-corrected chi connectivity index (χ2v) is 8.29. The number of benzene rings is 1. The third kappa shape index (κ3) is 3.27. The maximum atomic E-state index is 12.4. The molecule has 1 fully saturated rings. The highest BCUT2D eigenvalue weighted by atomic mass is 32.2. The Kier molecular flexibility index (Phi) is 4.20. The summed E-state index contributed by atoms with van der Waals surface area (Å²) in [4.78, 5) is 14.6. The highest BCUT2D eigenvalue weighted by Crippen LogP contribution is 2.43. The van der Waals surface area contributed by atoms with Gasteiger partial charge in [0.2, 0.25) is 0 Å². The van der Waals surface area contributed by atoms with Crippen molar-refractivity contribution in [3.63, 3.8) is 0 Å². The normalized spacial score (nSPS) is 28.3. The number of carbonyl (C=O) groups excluding carboxylic acids is 1. The summed E-state index contributed by atoms with van der Waals surface area (Å²) in [6.45, 7) is 0.902. The van der Waals surface area contributed by atoms with Crippen LogP contribution in [0.2, 0.25) is 0 Å². The molecule has 2 N–H and O–H groups in total. The number of nitrogens with two attached hydrogens (primary N) is 1. The minimum absolute atomic E-state index is 0.0945. The van der Waals surface area contributed by atoms with Crippen molar-refractivity contribution in [3.05, 3.63) is 29.3 Å². The van der Waals surface area contributed by atoms with E-state index in [-0.39, 0.29) is 30.3 Å². The lowest BCUT2D eigenvalue weighted by atomic mass is 9.71. The van der Waals surface area contributed by atoms with Crippen LogP contribution in [-0.2, 0) is 14.3 Å². The predicted molar refractivity (Wildman–Crippen MR) is 87.9 cm³/mol. The molecule has 6 nitrogen and oxygen atoms in total. The fraction of sp³-hybridized carbons (Fsp3) is 0.562. The van der Waals surface area contributed by atoms with E-state index in [1.807, 2.05) is 19.2 Å². The largest absolute Gasteiger partial charge is 0.398 e. The topological polar surface area (TPSA) is 89.7 Å². The molecule has 0 bridgehead atoms. The van der Waals surface area contributed by atoms with E-state index in [2.05, 4.69) is 4.90 Å². The van der Waals surface area contributed by atoms with E-state index >= 15 is 0 Å². The number of carbonyl (C=O) groups is 1. The van der Waals surface area contributed by atoms with Crippen LogP contribution in [0.3, 0.4) is 0 Å². The fourth-order valence-corrected chi connectivity index (χ4v) is 4.36. The molecule has 7 heteroatoms. The molecule has 1 aromatic rings. The van der Waals surface area contributed by atoms with Gasteiger partial charge in [-0.05, 0) is 31.0 Å². The number of hydrogen-bond acceptors (Lipinski definition) is 6. The number of likely N-dealkylation sites (N-methyl/N-ethyl adjacent to an activating group) is 1. The van der Waals surface area contributed by atoms with Crippen molar-refractivity contribution in [3.8, 4) is 0 Å². The number of Topliss-reactive ketones (excluding diaryl/α,β-unsaturated/α-hetero) is 1. The predicted octanol–water partition coefficient (Wildman–Crippen LogP) is 1.24. The Hall–Kier alpha value is -1.44. The first-order chi connectivity index (χ1) is 10.8. The van der Waals surface area contributed by atoms with Crippen LogP contribution in [0.25, 0.3) is 0 Å². The van der Waals surface area contributed by atoms with E-state index in [1.165, 1.54) is 0 Å². The van der Waals surface area contributed by atoms with Gasteiger partial charge in [-0.25, -0.2) is 0 Å². The summed E-state index contributed by atoms with van der Waals surface area (Å²) in [5, 5.41) is 0. The first kappa shape index (κ1) is 16.4. The van der Waals surface area contributed by atoms with Gasteiger partial charge >= 0.3 is 0 Å². The summed E-state index contributed by atoms with van der Waals surface area (Å²) in [5.74, 6) is 0.383. The molecule has 1 aliphatic carbocycles. The van der Waals surface area contributed by atoms with Gasteiger partial charge in [0, 0.05) is 36.2 Å². The summed E-state index contributed by atoms with van der Waals surface area (Å²) < 4.78 is 27.4. The van der Waals surface area contributed by atoms with Crippen molar-refractivity contribution in [1.82, 2.24) is 4.90 Å². The molecule has 0 saturated carbocycles. The lowest BCUT2D eigenvalue weighted by Gasteiger charge is -2.45. The van der Waals surface area contributed by atoms with E-state index in [9.17, 15) is 13.2 Å². The number of anilines is 1. The Morgan fingerprint density at radius 3 is 2.83 bits per heavy atom. The lowest BCUT2D eigenvalue weighted by Crippen LogP contribution is -2.49. The summed E-state index contributed by atoms with van der Waals surface area (Å²) in [7, 11) is -1.46. The zero-order valence-electron chi connectivity index (χ0n) is 13.4. The quantitative estimate of drug-likeness (QED) is 0.659. The van der Waals surface area contributed by atoms with Crippen LogP contribution >= 0.6 is 0 Å². The van der Waals surface area contributed by atoms with Gasteiger partial charge in [0.1, 0.15) is 0 Å². The molecule has 1 heterocycles. The van der Waals surface area contributed by atoms with Gasteiger partial charge in [0.25, 0.3) is 10.1 Å². The van der Waals surface area contributed by atoms with Crippen molar-refractivity contribution >= 4 is 21.6 Å². The Bertz CT molecular complexity index is 732. The molecule has 2 unspecified atom stereocenters. The van der Waals surface area contributed by atoms with Crippen LogP contribution in [0.15, 0.2) is 18.2 Å². The molecule has 126 valence electrons. The Balaban J connectivity index is 1.88. The smallest absolute Gasteiger partial charge is 0.264 e. The van der Waals surface area contributed by atoms with Gasteiger partial charge in [0.15, 0.2) is 5.78 Å². The van der Waals surface area contributed by atoms with Gasteiger partial charge in [-0.15, -0.1) is 0 Å². The van der Waals surface area contributed by atoms with Crippen LogP contribution in [0.1, 0.15) is 34.7 Å². The van der Waals surface area contributed by atoms with E-state index in [0.717, 1.165) is 24.8 Å². The third-order valence-corrected chi connectivity index (χ3v) is 5.45. The number of fused-ring (bicyclic) bond motifs is 3. The minimum atomic E-state index is -3.44. The average Bonchev–Trinajstić information content (AvgIpc) is 2.46. The van der Waals surface area contributed by atoms with Crippen molar-refractivity contribution in [2.45, 2.75) is 24.8 Å². The van der Waals surface area contributed by atoms with Crippen LogP contribution in [0.4, 0.5) is 5.69 Å². The molecular formula is C16H22N2O4S. The summed E-state index contributed by atoms with van der Waals surface area (Å²) in [6.07, 6.45) is 2.33. The number of hydrogen-bond donors (Lipinski definition) is 1. The molecule has 1 saturated heterocycles. The van der Waals surface area contributed by atoms with Gasteiger partial charge < -0.3 is 10.6 Å². The van der Waals surface area contributed by atoms with Crippen LogP contribution < -0.4 is 5.73 Å². The molecule has 1 aromatic carbocycles. The molecule has 1 aliphatic heterocycles. The highest BCUT2D eigenvalue weighted by Gasteiger charge is 2.42. The minimum Gasteiger partial charge on any atom is -0.398 e. The highest BCUT2D eigenvalue weighted by molar-refractivity contribution is 7.85. The zero-order chi connectivity index (χ0) is 16.8. The van der Waals surface area contributed by atoms with Crippen LogP contribution in [0.5, 0.6) is 0 Å². The van der Waals surface area contributed by atoms with Crippen molar-refractivity contribution in [2.75, 3.05) is 32.2 Å². The zero-order valence-corrected chi connectivity index (χ0v) is 14.2. The SMILES string of the molecule is CN1C[C@H](COS(C)(=O)=O)CC2c3cccc(N)c3C(=O)CC21. The van der Waals surface area contributed by atoms with E-state index in [0.29, 0.717) is 17.7 Å². The standard InChI is InChI=1S/C16H22N2O4S/c1-18-8-10(9-22-23(2,20)21)6-12-11-4-3-5-13(17)16(11)15(19)7-14(12)18/h3-5,10,12,14H,6-9,17H2,1-2H3/t10-,12?,14?/m1/s1. The number of piperidine rings is 1. The lowest BCUT2D eigenvalue weighted by molar-refractivity contribution is 0.0651. The van der Waals surface area contributed by atoms with Crippen molar-refractivity contribution in [1.29, 1.82) is 0 Å². The van der Waals surface area contributed by atoms with Gasteiger partial charge in [-0.3, -0.25) is 8.98 Å². The van der Waals surface area contributed by atoms with Crippen LogP contribution in [-0.4, -0.2) is 51.6 Å². The van der Waals surface area contributed by atoms with Gasteiger partial charge in [-0.1, -0.05) is 12.1 Å². The summed E-state index contributed by atoms with van der Waals surface area (Å²) in [6, 6.07) is 5.74. The maximum absolute atomic E-state index is 12.4. The second-order valence-electron chi connectivity index (χ2n) is 6.64. The number of ketones is 1. The van der Waals surface area contributed by atoms with Crippen LogP contribution in [0, 0.1) is 5.92 Å². The maximum Gasteiger partial charge on any atom is 0.264 e. The molecule has 23 heavy (non-hydrogen) atoms. The average molecular weight is 338 g/mol. The second kappa shape index (κ2) is 5.89. The summed E-state index contributed by atoms with van der Waals surface area (Å²) in [5.41, 5.74) is 8.16. The number of rotatable bonds is 3. The van der Waals surface area contributed by atoms with Gasteiger partial charge in [0.05, 0.1) is 12.9 Å². The summed E-state index contributed by atoms with van der Waals surface area (Å²) >= 11 is 0. The van der Waals surface area contributed by atoms with Crippen molar-refractivity contribution < 1.29 is 17.4 Å². The van der Waals surface area contributed by atoms with E-state index < -0.39 is 10.1 Å². The fourth-order valence-electron chi connectivity index (χ4n) is 3.93. The molecule has 0 aromatic heterocycles. The van der Waals surface area contributed by atoms with Gasteiger partial charge in [-0.2, -0.15) is 8.42 Å². The Labute approximate surface area is 136 Å². The first-order valence-corrected chi connectivity index (χ1v) is 9.54. The van der Waals surface area contributed by atoms with E-state index in [1.54, 1.807) is 6.07 Å². The number of nitrogens with zero attached hydrogens (tertiary/aromatic N) is 1. The molecule has 0 radical (unpaired) electrons. The molecule has 3 rings (SSSR count). The van der Waals surface area contributed by atoms with Crippen molar-refractivity contribution in [2.24, 2.45) is 5.92 Å². The molecule has 0 amide bonds. The molecular weight excluding hydrogens is 316 g/mol.